The third kappa shape index (κ3) is 4.58. The molecular weight excluding hydrogens is 657 g/mol. The molecule has 2 aliphatic heterocycles. The molecule has 0 bridgehead atoms. The summed E-state index contributed by atoms with van der Waals surface area (Å²) in [7, 11) is 0. The SMILES string of the molecule is C1=C(c2ccccc2-c2ccc3c(c2)Oc2ccccc2C32c3ccccc3-c3ccccc32)N=C(c2ccccc2)NC1c1ccc2ccccc2c1. The molecule has 1 unspecified atom stereocenters. The Morgan fingerprint density at radius 3 is 1.83 bits per heavy atom. The van der Waals surface area contributed by atoms with E-state index >= 15 is 0 Å². The summed E-state index contributed by atoms with van der Waals surface area (Å²) in [6, 6.07) is 67.3. The lowest BCUT2D eigenvalue weighted by atomic mass is 9.66. The van der Waals surface area contributed by atoms with Crippen molar-refractivity contribution >= 4 is 22.3 Å². The van der Waals surface area contributed by atoms with Gasteiger partial charge in [-0.3, -0.25) is 0 Å². The van der Waals surface area contributed by atoms with Gasteiger partial charge in [-0.05, 0) is 74.0 Å². The highest BCUT2D eigenvalue weighted by molar-refractivity contribution is 6.04. The molecule has 3 heteroatoms. The number of rotatable bonds is 4. The van der Waals surface area contributed by atoms with Gasteiger partial charge in [-0.25, -0.2) is 4.99 Å². The van der Waals surface area contributed by atoms with E-state index in [1.54, 1.807) is 0 Å². The van der Waals surface area contributed by atoms with Gasteiger partial charge in [0.2, 0.25) is 0 Å². The Hall–Kier alpha value is -6.97. The lowest BCUT2D eigenvalue weighted by Gasteiger charge is -2.39. The molecule has 0 fully saturated rings. The van der Waals surface area contributed by atoms with Gasteiger partial charge in [0.1, 0.15) is 17.3 Å². The summed E-state index contributed by atoms with van der Waals surface area (Å²) < 4.78 is 6.87. The first-order chi connectivity index (χ1) is 26.8. The number of nitrogens with zero attached hydrogens (tertiary/aromatic N) is 1. The van der Waals surface area contributed by atoms with Crippen LogP contribution in [0.4, 0.5) is 0 Å². The fourth-order valence-electron chi connectivity index (χ4n) is 9.00. The van der Waals surface area contributed by atoms with Crippen molar-refractivity contribution in [3.63, 3.8) is 0 Å². The summed E-state index contributed by atoms with van der Waals surface area (Å²) in [6.45, 7) is 0. The number of benzene rings is 8. The Morgan fingerprint density at radius 1 is 0.444 bits per heavy atom. The number of ether oxygens (including phenoxy) is 1. The van der Waals surface area contributed by atoms with Crippen molar-refractivity contribution < 1.29 is 4.74 Å². The molecule has 11 rings (SSSR count). The van der Waals surface area contributed by atoms with E-state index in [9.17, 15) is 0 Å². The summed E-state index contributed by atoms with van der Waals surface area (Å²) >= 11 is 0. The average Bonchev–Trinajstić information content (AvgIpc) is 3.54. The molecule has 0 amide bonds. The van der Waals surface area contributed by atoms with E-state index in [-0.39, 0.29) is 6.04 Å². The molecule has 3 nitrogen and oxygen atoms in total. The van der Waals surface area contributed by atoms with Crippen LogP contribution in [0.25, 0.3) is 38.7 Å². The lowest BCUT2D eigenvalue weighted by Crippen LogP contribution is -2.32. The van der Waals surface area contributed by atoms with E-state index in [2.05, 4.69) is 193 Å². The Morgan fingerprint density at radius 2 is 1.06 bits per heavy atom. The Kier molecular flexibility index (Phi) is 6.83. The highest BCUT2D eigenvalue weighted by atomic mass is 16.5. The molecule has 0 saturated carbocycles. The smallest absolute Gasteiger partial charge is 0.134 e. The third-order valence-corrected chi connectivity index (χ3v) is 11.4. The first kappa shape index (κ1) is 30.6. The number of nitrogens with one attached hydrogen (secondary N) is 1. The van der Waals surface area contributed by atoms with Crippen LogP contribution < -0.4 is 10.1 Å². The number of aliphatic imine (C=N–C) groups is 1. The molecule has 0 saturated heterocycles. The molecule has 8 aromatic rings. The summed E-state index contributed by atoms with van der Waals surface area (Å²) in [5.74, 6) is 2.61. The van der Waals surface area contributed by atoms with Gasteiger partial charge >= 0.3 is 0 Å². The fourth-order valence-corrected chi connectivity index (χ4v) is 9.00. The van der Waals surface area contributed by atoms with Gasteiger partial charge in [-0.15, -0.1) is 0 Å². The van der Waals surface area contributed by atoms with Gasteiger partial charge in [-0.1, -0.05) is 170 Å². The van der Waals surface area contributed by atoms with Crippen molar-refractivity contribution in [2.75, 3.05) is 0 Å². The molecule has 54 heavy (non-hydrogen) atoms. The quantitative estimate of drug-likeness (QED) is 0.199. The summed E-state index contributed by atoms with van der Waals surface area (Å²) in [5.41, 5.74) is 13.4. The second-order valence-corrected chi connectivity index (χ2v) is 14.3. The maximum absolute atomic E-state index is 6.87. The van der Waals surface area contributed by atoms with Crippen LogP contribution in [0.3, 0.4) is 0 Å². The van der Waals surface area contributed by atoms with E-state index in [1.165, 1.54) is 44.2 Å². The minimum Gasteiger partial charge on any atom is -0.457 e. The normalized spacial score (nSPS) is 15.9. The van der Waals surface area contributed by atoms with Gasteiger partial charge in [0.25, 0.3) is 0 Å². The predicted octanol–water partition coefficient (Wildman–Crippen LogP) is 12.1. The monoisotopic (exact) mass is 690 g/mol. The molecule has 1 aliphatic carbocycles. The van der Waals surface area contributed by atoms with Crippen LogP contribution in [0.1, 0.15) is 45.0 Å². The largest absolute Gasteiger partial charge is 0.457 e. The highest BCUT2D eigenvalue weighted by Crippen LogP contribution is 2.62. The lowest BCUT2D eigenvalue weighted by molar-refractivity contribution is 0.436. The fraction of sp³-hybridized carbons (Fsp3) is 0.0392. The minimum atomic E-state index is -0.491. The zero-order valence-electron chi connectivity index (χ0n) is 29.4. The molecule has 0 radical (unpaired) electrons. The van der Waals surface area contributed by atoms with E-state index < -0.39 is 5.41 Å². The molecule has 254 valence electrons. The van der Waals surface area contributed by atoms with Crippen molar-refractivity contribution in [1.29, 1.82) is 0 Å². The standard InChI is InChI=1S/C51H34N2O/c1-2-15-34(16-3-1)50-52-46(37-27-26-33-14-4-5-17-35(33)30-37)32-47(53-50)41-21-7-6-18-38(41)36-28-29-45-49(31-36)54-48-25-13-12-24-44(48)51(45)42-22-10-8-19-39(42)40-20-9-11-23-43(40)51/h1-32,46H,(H,52,53). The highest BCUT2D eigenvalue weighted by Gasteiger charge is 2.50. The number of amidine groups is 1. The molecule has 3 aliphatic rings. The first-order valence-electron chi connectivity index (χ1n) is 18.6. The zero-order valence-corrected chi connectivity index (χ0v) is 29.4. The van der Waals surface area contributed by atoms with Crippen LogP contribution in [0.2, 0.25) is 0 Å². The topological polar surface area (TPSA) is 33.6 Å². The first-order valence-corrected chi connectivity index (χ1v) is 18.6. The van der Waals surface area contributed by atoms with Crippen molar-refractivity contribution in [1.82, 2.24) is 5.32 Å². The van der Waals surface area contributed by atoms with Crippen LogP contribution in [-0.2, 0) is 5.41 Å². The molecule has 2 heterocycles. The van der Waals surface area contributed by atoms with Crippen LogP contribution >= 0.6 is 0 Å². The van der Waals surface area contributed by atoms with E-state index in [0.717, 1.165) is 50.8 Å². The predicted molar refractivity (Wildman–Crippen MR) is 220 cm³/mol. The summed E-state index contributed by atoms with van der Waals surface area (Å²) in [6.07, 6.45) is 2.27. The van der Waals surface area contributed by atoms with Crippen LogP contribution in [0, 0.1) is 0 Å². The minimum absolute atomic E-state index is 0.0731. The molecular formula is C51H34N2O. The van der Waals surface area contributed by atoms with Crippen molar-refractivity contribution in [3.8, 4) is 33.8 Å². The third-order valence-electron chi connectivity index (χ3n) is 11.4. The van der Waals surface area contributed by atoms with E-state index in [0.29, 0.717) is 0 Å². The Bertz CT molecular complexity index is 2800. The molecule has 0 aromatic heterocycles. The Labute approximate surface area is 314 Å². The van der Waals surface area contributed by atoms with E-state index in [1.807, 2.05) is 6.07 Å². The zero-order chi connectivity index (χ0) is 35.6. The number of hydrogen-bond acceptors (Lipinski definition) is 3. The molecule has 1 N–H and O–H groups in total. The van der Waals surface area contributed by atoms with Gasteiger partial charge < -0.3 is 10.1 Å². The maximum Gasteiger partial charge on any atom is 0.134 e. The number of fused-ring (bicyclic) bond motifs is 10. The number of hydrogen-bond donors (Lipinski definition) is 1. The summed E-state index contributed by atoms with van der Waals surface area (Å²) in [5, 5.41) is 6.21. The molecule has 1 atom stereocenters. The maximum atomic E-state index is 6.87. The van der Waals surface area contributed by atoms with Gasteiger partial charge in [0.15, 0.2) is 0 Å². The second kappa shape index (κ2) is 12.0. The molecule has 8 aromatic carbocycles. The number of para-hydroxylation sites is 1. The van der Waals surface area contributed by atoms with E-state index in [4.69, 9.17) is 9.73 Å². The van der Waals surface area contributed by atoms with Gasteiger partial charge in [0.05, 0.1) is 17.2 Å². The molecule has 1 spiro atoms. The van der Waals surface area contributed by atoms with Gasteiger partial charge in [-0.2, -0.15) is 0 Å². The van der Waals surface area contributed by atoms with Crippen LogP contribution in [-0.4, -0.2) is 5.84 Å². The Balaban J connectivity index is 1.08. The second-order valence-electron chi connectivity index (χ2n) is 14.3. The van der Waals surface area contributed by atoms with Crippen molar-refractivity contribution in [3.05, 3.63) is 233 Å². The van der Waals surface area contributed by atoms with Crippen LogP contribution in [0.5, 0.6) is 11.5 Å². The van der Waals surface area contributed by atoms with Crippen molar-refractivity contribution in [2.45, 2.75) is 11.5 Å². The van der Waals surface area contributed by atoms with Crippen LogP contribution in [0.15, 0.2) is 199 Å². The van der Waals surface area contributed by atoms with Gasteiger partial charge in [0, 0.05) is 22.3 Å². The average molecular weight is 691 g/mol. The van der Waals surface area contributed by atoms with Crippen molar-refractivity contribution in [2.24, 2.45) is 4.99 Å². The summed E-state index contributed by atoms with van der Waals surface area (Å²) in [4.78, 5) is 5.31.